The average molecular weight is 360 g/mol. The maximum Gasteiger partial charge on any atom is 0.241 e. The summed E-state index contributed by atoms with van der Waals surface area (Å²) in [6, 6.07) is 6.24. The van der Waals surface area contributed by atoms with Gasteiger partial charge in [-0.3, -0.25) is 9.69 Å². The zero-order valence-electron chi connectivity index (χ0n) is 15.2. The minimum absolute atomic E-state index is 0.0812. The standard InChI is InChI=1S/C19H25FN4O2/c1-3-13(2)21-19(25)15-8-10-24(11-9-15)12-17-22-18(23-26-17)14-4-6-16(20)7-5-14/h4-7,13,15H,3,8-12H2,1-2H3,(H,21,25). The van der Waals surface area contributed by atoms with Crippen molar-refractivity contribution in [2.75, 3.05) is 13.1 Å². The number of amides is 1. The smallest absolute Gasteiger partial charge is 0.241 e. The van der Waals surface area contributed by atoms with Crippen LogP contribution in [0.5, 0.6) is 0 Å². The first kappa shape index (κ1) is 18.5. The fourth-order valence-corrected chi connectivity index (χ4v) is 3.04. The summed E-state index contributed by atoms with van der Waals surface area (Å²) in [6.45, 7) is 6.31. The van der Waals surface area contributed by atoms with Gasteiger partial charge in [0.15, 0.2) is 0 Å². The molecule has 140 valence electrons. The monoisotopic (exact) mass is 360 g/mol. The van der Waals surface area contributed by atoms with E-state index in [1.54, 1.807) is 12.1 Å². The molecule has 2 aromatic rings. The summed E-state index contributed by atoms with van der Waals surface area (Å²) in [4.78, 5) is 18.8. The predicted octanol–water partition coefficient (Wildman–Crippen LogP) is 3.00. The van der Waals surface area contributed by atoms with Crippen LogP contribution in [0.4, 0.5) is 4.39 Å². The van der Waals surface area contributed by atoms with Crippen LogP contribution in [0, 0.1) is 11.7 Å². The Bertz CT molecular complexity index is 723. The number of nitrogens with zero attached hydrogens (tertiary/aromatic N) is 3. The molecular weight excluding hydrogens is 335 g/mol. The Balaban J connectivity index is 1.50. The second-order valence-corrected chi connectivity index (χ2v) is 6.89. The highest BCUT2D eigenvalue weighted by Gasteiger charge is 2.26. The van der Waals surface area contributed by atoms with E-state index in [0.29, 0.717) is 18.3 Å². The molecule has 1 aliphatic heterocycles. The number of carbonyl (C=O) groups is 1. The van der Waals surface area contributed by atoms with Crippen LogP contribution in [0.25, 0.3) is 11.4 Å². The lowest BCUT2D eigenvalue weighted by Crippen LogP contribution is -2.42. The molecule has 2 heterocycles. The van der Waals surface area contributed by atoms with Crippen LogP contribution >= 0.6 is 0 Å². The molecule has 1 N–H and O–H groups in total. The van der Waals surface area contributed by atoms with Crippen molar-refractivity contribution in [3.8, 4) is 11.4 Å². The number of rotatable bonds is 6. The van der Waals surface area contributed by atoms with E-state index in [0.717, 1.165) is 37.9 Å². The SMILES string of the molecule is CCC(C)NC(=O)C1CCN(Cc2nc(-c3ccc(F)cc3)no2)CC1. The maximum atomic E-state index is 13.0. The highest BCUT2D eigenvalue weighted by molar-refractivity contribution is 5.79. The molecule has 1 fully saturated rings. The van der Waals surface area contributed by atoms with Crippen LogP contribution in [0.1, 0.15) is 39.0 Å². The van der Waals surface area contributed by atoms with Crippen molar-refractivity contribution < 1.29 is 13.7 Å². The van der Waals surface area contributed by atoms with Gasteiger partial charge in [0.2, 0.25) is 17.6 Å². The molecule has 1 aliphatic rings. The molecule has 6 nitrogen and oxygen atoms in total. The number of aromatic nitrogens is 2. The summed E-state index contributed by atoms with van der Waals surface area (Å²) < 4.78 is 18.3. The molecule has 1 saturated heterocycles. The summed E-state index contributed by atoms with van der Waals surface area (Å²) in [5.74, 6) is 0.945. The third kappa shape index (κ3) is 4.66. The molecule has 0 aliphatic carbocycles. The number of benzene rings is 1. The van der Waals surface area contributed by atoms with Gasteiger partial charge in [-0.15, -0.1) is 0 Å². The lowest BCUT2D eigenvalue weighted by molar-refractivity contribution is -0.127. The van der Waals surface area contributed by atoms with Gasteiger partial charge in [0.1, 0.15) is 5.82 Å². The number of carbonyl (C=O) groups excluding carboxylic acids is 1. The highest BCUT2D eigenvalue weighted by Crippen LogP contribution is 2.21. The molecule has 1 atom stereocenters. The van der Waals surface area contributed by atoms with E-state index in [1.165, 1.54) is 12.1 Å². The van der Waals surface area contributed by atoms with Crippen LogP contribution in [-0.2, 0) is 11.3 Å². The van der Waals surface area contributed by atoms with Crippen molar-refractivity contribution in [1.29, 1.82) is 0 Å². The highest BCUT2D eigenvalue weighted by atomic mass is 19.1. The lowest BCUT2D eigenvalue weighted by Gasteiger charge is -2.30. The summed E-state index contributed by atoms with van der Waals surface area (Å²) in [5, 5.41) is 7.03. The molecule has 1 amide bonds. The molecule has 3 rings (SSSR count). The Morgan fingerprint density at radius 3 is 2.69 bits per heavy atom. The van der Waals surface area contributed by atoms with E-state index in [-0.39, 0.29) is 23.7 Å². The molecule has 7 heteroatoms. The zero-order valence-corrected chi connectivity index (χ0v) is 15.2. The molecule has 1 unspecified atom stereocenters. The van der Waals surface area contributed by atoms with Gasteiger partial charge < -0.3 is 9.84 Å². The minimum Gasteiger partial charge on any atom is -0.353 e. The minimum atomic E-state index is -0.294. The maximum absolute atomic E-state index is 13.0. The first-order chi connectivity index (χ1) is 12.5. The first-order valence-corrected chi connectivity index (χ1v) is 9.16. The Morgan fingerprint density at radius 1 is 1.35 bits per heavy atom. The Kier molecular flexibility index (Phi) is 5.98. The number of halogens is 1. The fraction of sp³-hybridized carbons (Fsp3) is 0.526. The molecule has 0 bridgehead atoms. The van der Waals surface area contributed by atoms with Crippen molar-refractivity contribution in [2.45, 2.75) is 45.7 Å². The molecule has 26 heavy (non-hydrogen) atoms. The Morgan fingerprint density at radius 2 is 2.04 bits per heavy atom. The number of nitrogens with one attached hydrogen (secondary N) is 1. The van der Waals surface area contributed by atoms with E-state index >= 15 is 0 Å². The van der Waals surface area contributed by atoms with E-state index in [1.807, 2.05) is 6.92 Å². The largest absolute Gasteiger partial charge is 0.353 e. The second-order valence-electron chi connectivity index (χ2n) is 6.89. The summed E-state index contributed by atoms with van der Waals surface area (Å²) in [7, 11) is 0. The van der Waals surface area contributed by atoms with E-state index in [9.17, 15) is 9.18 Å². The van der Waals surface area contributed by atoms with Crippen molar-refractivity contribution in [3.05, 3.63) is 36.0 Å². The number of piperidine rings is 1. The van der Waals surface area contributed by atoms with Gasteiger partial charge >= 0.3 is 0 Å². The average Bonchev–Trinajstić information content (AvgIpc) is 3.11. The number of hydrogen-bond donors (Lipinski definition) is 1. The molecule has 0 spiro atoms. The fourth-order valence-electron chi connectivity index (χ4n) is 3.04. The number of likely N-dealkylation sites (tertiary alicyclic amines) is 1. The van der Waals surface area contributed by atoms with Crippen LogP contribution < -0.4 is 5.32 Å². The van der Waals surface area contributed by atoms with Gasteiger partial charge in [0.05, 0.1) is 6.54 Å². The van der Waals surface area contributed by atoms with Gasteiger partial charge in [-0.2, -0.15) is 4.98 Å². The summed E-state index contributed by atoms with van der Waals surface area (Å²) in [6.07, 6.45) is 2.61. The van der Waals surface area contributed by atoms with E-state index < -0.39 is 0 Å². The van der Waals surface area contributed by atoms with Crippen LogP contribution in [-0.4, -0.2) is 40.1 Å². The van der Waals surface area contributed by atoms with Crippen molar-refractivity contribution >= 4 is 5.91 Å². The third-order valence-corrected chi connectivity index (χ3v) is 4.89. The van der Waals surface area contributed by atoms with Gasteiger partial charge in [-0.05, 0) is 63.5 Å². The summed E-state index contributed by atoms with van der Waals surface area (Å²) >= 11 is 0. The lowest BCUT2D eigenvalue weighted by atomic mass is 9.95. The predicted molar refractivity (Wildman–Crippen MR) is 95.6 cm³/mol. The number of hydrogen-bond acceptors (Lipinski definition) is 5. The normalized spacial score (nSPS) is 17.2. The Labute approximate surface area is 152 Å². The van der Waals surface area contributed by atoms with Crippen LogP contribution in [0.3, 0.4) is 0 Å². The van der Waals surface area contributed by atoms with Crippen molar-refractivity contribution in [3.63, 3.8) is 0 Å². The molecule has 1 aromatic heterocycles. The van der Waals surface area contributed by atoms with E-state index in [2.05, 4.69) is 27.3 Å². The van der Waals surface area contributed by atoms with Gasteiger partial charge in [0, 0.05) is 17.5 Å². The molecule has 0 radical (unpaired) electrons. The molecule has 0 saturated carbocycles. The van der Waals surface area contributed by atoms with E-state index in [4.69, 9.17) is 4.52 Å². The van der Waals surface area contributed by atoms with Crippen LogP contribution in [0.2, 0.25) is 0 Å². The second kappa shape index (κ2) is 8.40. The van der Waals surface area contributed by atoms with Gasteiger partial charge in [-0.1, -0.05) is 12.1 Å². The molecular formula is C19H25FN4O2. The molecule has 1 aromatic carbocycles. The zero-order chi connectivity index (χ0) is 18.5. The quantitative estimate of drug-likeness (QED) is 0.857. The van der Waals surface area contributed by atoms with Crippen molar-refractivity contribution in [2.24, 2.45) is 5.92 Å². The third-order valence-electron chi connectivity index (χ3n) is 4.89. The first-order valence-electron chi connectivity index (χ1n) is 9.16. The van der Waals surface area contributed by atoms with Crippen molar-refractivity contribution in [1.82, 2.24) is 20.4 Å². The topological polar surface area (TPSA) is 71.3 Å². The Hall–Kier alpha value is -2.28. The summed E-state index contributed by atoms with van der Waals surface area (Å²) in [5.41, 5.74) is 0.724. The van der Waals surface area contributed by atoms with Crippen LogP contribution in [0.15, 0.2) is 28.8 Å². The van der Waals surface area contributed by atoms with Gasteiger partial charge in [-0.25, -0.2) is 4.39 Å². The van der Waals surface area contributed by atoms with Gasteiger partial charge in [0.25, 0.3) is 0 Å².